The molecule has 0 unspecified atom stereocenters. The number of rotatable bonds is 25. The molecular weight excluding hydrogens is 1650 g/mol. The molecule has 0 saturated heterocycles. The first kappa shape index (κ1) is 83.4. The molecule has 18 aromatic carbocycles. The highest BCUT2D eigenvalue weighted by atomic mass is 15.2. The lowest BCUT2D eigenvalue weighted by molar-refractivity contribution is 1.23. The number of anilines is 12. The van der Waals surface area contributed by atoms with Gasteiger partial charge in [-0.2, -0.15) is 0 Å². The normalized spacial score (nSPS) is 11.1. The third-order valence-corrected chi connectivity index (χ3v) is 25.3. The third kappa shape index (κ3) is 17.4. The van der Waals surface area contributed by atoms with Crippen LogP contribution in [-0.2, 0) is 0 Å². The first-order chi connectivity index (χ1) is 67.5. The SMILES string of the molecule is c1ccc(-c2ccc(N(c3ccc(-c4ccc(N(c5ccc(-c6ccccc6)cc5)c5ccccc5-c5cccc(-c6cccc(-c7cccc(-c8ccccc8)c7N(c7ccc(-c8ccccc8)cc7)c7ccc(-c8ccc(N(c9ccc(-c%10ccccc%10)cc9)c9c(-c%10ccccc%10)cccc9-c9ccccn9)cc8)cc7)n6)n5)cc4)cc3)c3ccccc3-c3ccccn3)cc2)cc1. The summed E-state index contributed by atoms with van der Waals surface area (Å²) in [5, 5.41) is 0. The molecule has 0 N–H and O–H groups in total. The van der Waals surface area contributed by atoms with E-state index in [-0.39, 0.29) is 0 Å². The van der Waals surface area contributed by atoms with Crippen LogP contribution in [0, 0.1) is 0 Å². The van der Waals surface area contributed by atoms with Crippen molar-refractivity contribution < 1.29 is 0 Å². The second kappa shape index (κ2) is 38.4. The van der Waals surface area contributed by atoms with Crippen LogP contribution in [0.5, 0.6) is 0 Å². The zero-order valence-electron chi connectivity index (χ0n) is 74.5. The maximum Gasteiger partial charge on any atom is 0.0893 e. The minimum absolute atomic E-state index is 0.733. The quantitative estimate of drug-likeness (QED) is 0.0561. The highest BCUT2D eigenvalue weighted by Gasteiger charge is 2.28. The Labute approximate surface area is 794 Å². The highest BCUT2D eigenvalue weighted by molar-refractivity contribution is 6.01. The molecular formula is C128H90N8. The Kier molecular flexibility index (Phi) is 23.6. The van der Waals surface area contributed by atoms with E-state index in [0.29, 0.717) is 0 Å². The lowest BCUT2D eigenvalue weighted by atomic mass is 9.95. The molecule has 4 aromatic heterocycles. The average molecular weight is 1740 g/mol. The summed E-state index contributed by atoms with van der Waals surface area (Å²) in [4.78, 5) is 30.7. The van der Waals surface area contributed by atoms with Gasteiger partial charge in [-0.05, 0) is 236 Å². The number of pyridine rings is 4. The number of aromatic nitrogens is 4. The van der Waals surface area contributed by atoms with Gasteiger partial charge in [0.05, 0.1) is 56.9 Å². The fourth-order valence-electron chi connectivity index (χ4n) is 18.6. The summed E-state index contributed by atoms with van der Waals surface area (Å²) in [6.07, 6.45) is 3.73. The van der Waals surface area contributed by atoms with Crippen molar-refractivity contribution in [3.05, 3.63) is 546 Å². The van der Waals surface area contributed by atoms with Gasteiger partial charge in [-0.15, -0.1) is 0 Å². The van der Waals surface area contributed by atoms with Crippen molar-refractivity contribution in [1.29, 1.82) is 0 Å². The molecule has 0 aliphatic heterocycles. The summed E-state index contributed by atoms with van der Waals surface area (Å²) < 4.78 is 0. The van der Waals surface area contributed by atoms with Gasteiger partial charge in [0.25, 0.3) is 0 Å². The van der Waals surface area contributed by atoms with Crippen LogP contribution in [0.2, 0.25) is 0 Å². The maximum absolute atomic E-state index is 5.71. The Morgan fingerprint density at radius 3 is 0.596 bits per heavy atom. The second-order valence-electron chi connectivity index (χ2n) is 33.6. The Morgan fingerprint density at radius 2 is 0.309 bits per heavy atom. The molecule has 22 aromatic rings. The van der Waals surface area contributed by atoms with Crippen molar-refractivity contribution in [2.45, 2.75) is 0 Å². The number of hydrogen-bond acceptors (Lipinski definition) is 8. The molecule has 8 heteroatoms. The molecule has 4 heterocycles. The molecule has 0 saturated carbocycles. The summed E-state index contributed by atoms with van der Waals surface area (Å²) in [5.74, 6) is 0. The lowest BCUT2D eigenvalue weighted by Gasteiger charge is -2.31. The summed E-state index contributed by atoms with van der Waals surface area (Å²) in [5.41, 5.74) is 38.6. The molecule has 0 amide bonds. The van der Waals surface area contributed by atoms with Crippen LogP contribution in [-0.4, -0.2) is 19.9 Å². The van der Waals surface area contributed by atoms with Crippen molar-refractivity contribution in [3.8, 4) is 145 Å². The molecule has 0 aliphatic rings. The van der Waals surface area contributed by atoms with Gasteiger partial charge in [-0.25, -0.2) is 9.97 Å². The van der Waals surface area contributed by atoms with E-state index in [1.54, 1.807) is 0 Å². The predicted octanol–water partition coefficient (Wildman–Crippen LogP) is 34.8. The third-order valence-electron chi connectivity index (χ3n) is 25.3. The summed E-state index contributed by atoms with van der Waals surface area (Å²) >= 11 is 0. The van der Waals surface area contributed by atoms with Crippen molar-refractivity contribution >= 4 is 68.2 Å². The fraction of sp³-hybridized carbons (Fsp3) is 0. The molecule has 0 bridgehead atoms. The van der Waals surface area contributed by atoms with E-state index < -0.39 is 0 Å². The Bertz CT molecular complexity index is 7790. The summed E-state index contributed by atoms with van der Waals surface area (Å²) in [6, 6.07) is 190. The lowest BCUT2D eigenvalue weighted by Crippen LogP contribution is -2.13. The monoisotopic (exact) mass is 1740 g/mol. The van der Waals surface area contributed by atoms with Gasteiger partial charge in [0.2, 0.25) is 0 Å². The van der Waals surface area contributed by atoms with Crippen molar-refractivity contribution in [3.63, 3.8) is 0 Å². The molecule has 0 radical (unpaired) electrons. The number of hydrogen-bond donors (Lipinski definition) is 0. The summed E-state index contributed by atoms with van der Waals surface area (Å²) in [7, 11) is 0. The van der Waals surface area contributed by atoms with Gasteiger partial charge in [0, 0.05) is 91.3 Å². The van der Waals surface area contributed by atoms with Crippen molar-refractivity contribution in [2.24, 2.45) is 0 Å². The fourth-order valence-corrected chi connectivity index (χ4v) is 18.6. The molecule has 136 heavy (non-hydrogen) atoms. The number of benzene rings is 18. The van der Waals surface area contributed by atoms with Gasteiger partial charge >= 0.3 is 0 Å². The Morgan fingerprint density at radius 1 is 0.118 bits per heavy atom. The van der Waals surface area contributed by atoms with Crippen LogP contribution >= 0.6 is 0 Å². The first-order valence-electron chi connectivity index (χ1n) is 46.0. The molecule has 0 aliphatic carbocycles. The topological polar surface area (TPSA) is 64.5 Å². The molecule has 0 spiro atoms. The molecule has 642 valence electrons. The molecule has 22 rings (SSSR count). The van der Waals surface area contributed by atoms with E-state index in [2.05, 4.69) is 535 Å². The zero-order valence-corrected chi connectivity index (χ0v) is 74.5. The van der Waals surface area contributed by atoms with Crippen LogP contribution < -0.4 is 19.6 Å². The van der Waals surface area contributed by atoms with Crippen LogP contribution in [0.1, 0.15) is 0 Å². The summed E-state index contributed by atoms with van der Waals surface area (Å²) in [6.45, 7) is 0. The smallest absolute Gasteiger partial charge is 0.0893 e. The maximum atomic E-state index is 5.71. The van der Waals surface area contributed by atoms with E-state index in [9.17, 15) is 0 Å². The number of nitrogens with zero attached hydrogens (tertiary/aromatic N) is 8. The minimum Gasteiger partial charge on any atom is -0.310 e. The van der Waals surface area contributed by atoms with Crippen LogP contribution in [0.3, 0.4) is 0 Å². The number of para-hydroxylation sites is 4. The Hall–Kier alpha value is -18.2. The van der Waals surface area contributed by atoms with Gasteiger partial charge in [0.15, 0.2) is 0 Å². The minimum atomic E-state index is 0.733. The van der Waals surface area contributed by atoms with E-state index >= 15 is 0 Å². The molecule has 0 fully saturated rings. The van der Waals surface area contributed by atoms with Crippen LogP contribution in [0.15, 0.2) is 546 Å². The Balaban J connectivity index is 0.610. The average Bonchev–Trinajstić information content (AvgIpc) is 0.778. The van der Waals surface area contributed by atoms with Gasteiger partial charge < -0.3 is 19.6 Å². The zero-order chi connectivity index (χ0) is 90.7. The predicted molar refractivity (Wildman–Crippen MR) is 567 cm³/mol. The second-order valence-corrected chi connectivity index (χ2v) is 33.6. The standard InChI is InChI=1S/C128H90N8/c1-7-31-91(32-8-1)95-57-73-105(74-58-95)133(125-55-21-19-43-115(125)119-49-23-25-89-129-119)106-77-61-99(62-78-106)100-63-79-108(80-64-100)134(107-75-59-96(60-76-107)92-33-9-2-10-34-92)126-56-22-20-44-116(126)121-51-29-53-123(131-121)124-54-30-52-122(132-124)118-48-28-46-114(104-41-17-6-18-42-104)128(118)136(111-83-67-98(68-84-111)94-37-13-4-14-38-94)112-87-71-102(72-88-112)101-69-85-110(86-70-101)135(109-81-65-97(66-82-109)93-35-11-3-12-36-93)127-113(103-39-15-5-16-40-103)45-27-47-117(127)120-50-24-26-90-130-120/h1-90H. The van der Waals surface area contributed by atoms with E-state index in [4.69, 9.17) is 19.9 Å². The van der Waals surface area contributed by atoms with Crippen LogP contribution in [0.25, 0.3) is 145 Å². The first-order valence-corrected chi connectivity index (χ1v) is 46.0. The van der Waals surface area contributed by atoms with Crippen molar-refractivity contribution in [1.82, 2.24) is 19.9 Å². The molecule has 8 nitrogen and oxygen atoms in total. The molecule has 0 atom stereocenters. The van der Waals surface area contributed by atoms with E-state index in [0.717, 1.165) is 208 Å². The van der Waals surface area contributed by atoms with Gasteiger partial charge in [-0.3, -0.25) is 9.97 Å². The van der Waals surface area contributed by atoms with Gasteiger partial charge in [-0.1, -0.05) is 376 Å². The van der Waals surface area contributed by atoms with E-state index in [1.165, 1.54) is 5.56 Å². The largest absolute Gasteiger partial charge is 0.310 e. The van der Waals surface area contributed by atoms with Crippen LogP contribution in [0.4, 0.5) is 68.2 Å². The van der Waals surface area contributed by atoms with E-state index in [1.807, 2.05) is 30.6 Å². The van der Waals surface area contributed by atoms with Gasteiger partial charge in [0.1, 0.15) is 0 Å². The highest BCUT2D eigenvalue weighted by Crippen LogP contribution is 2.52. The van der Waals surface area contributed by atoms with Crippen molar-refractivity contribution in [2.75, 3.05) is 19.6 Å².